The van der Waals surface area contributed by atoms with E-state index in [0.717, 1.165) is 32.1 Å². The molecule has 116 valence electrons. The lowest BCUT2D eigenvalue weighted by Gasteiger charge is -2.49. The lowest BCUT2D eigenvalue weighted by molar-refractivity contribution is -0.178. The van der Waals surface area contributed by atoms with E-state index in [9.17, 15) is 9.90 Å². The molecule has 1 spiro atoms. The second-order valence-electron chi connectivity index (χ2n) is 9.99. The van der Waals surface area contributed by atoms with E-state index in [-0.39, 0.29) is 22.4 Å². The van der Waals surface area contributed by atoms with Gasteiger partial charge in [0.25, 0.3) is 0 Å². The van der Waals surface area contributed by atoms with E-state index in [2.05, 4.69) is 13.8 Å². The zero-order valence-electron chi connectivity index (χ0n) is 13.4. The highest BCUT2D eigenvalue weighted by Gasteiger charge is 2.76. The van der Waals surface area contributed by atoms with E-state index in [0.29, 0.717) is 23.7 Å². The monoisotopic (exact) mass is 290 g/mol. The topological polar surface area (TPSA) is 46.5 Å². The van der Waals surface area contributed by atoms with Crippen LogP contribution in [0.2, 0.25) is 0 Å². The van der Waals surface area contributed by atoms with Crippen LogP contribution in [0.3, 0.4) is 0 Å². The summed E-state index contributed by atoms with van der Waals surface area (Å²) >= 11 is 0. The van der Waals surface area contributed by atoms with Crippen LogP contribution in [0.15, 0.2) is 0 Å². The van der Waals surface area contributed by atoms with Crippen molar-refractivity contribution in [1.29, 1.82) is 0 Å². The van der Waals surface area contributed by atoms with Crippen molar-refractivity contribution in [2.24, 2.45) is 28.1 Å². The lowest BCUT2D eigenvalue weighted by atomic mass is 9.56. The number of aliphatic hydroxyl groups is 1. The maximum absolute atomic E-state index is 12.7. The first-order chi connectivity index (χ1) is 9.62. The third-order valence-electron chi connectivity index (χ3n) is 8.32. The zero-order valence-corrected chi connectivity index (χ0v) is 13.4. The molecule has 5 aliphatic rings. The van der Waals surface area contributed by atoms with Crippen LogP contribution < -0.4 is 0 Å². The van der Waals surface area contributed by atoms with Crippen LogP contribution in [0, 0.1) is 28.1 Å². The van der Waals surface area contributed by atoms with Crippen LogP contribution in [-0.4, -0.2) is 22.3 Å². The van der Waals surface area contributed by atoms with Gasteiger partial charge in [-0.2, -0.15) is 0 Å². The molecule has 0 saturated heterocycles. The Balaban J connectivity index is 1.44. The molecule has 3 nitrogen and oxygen atoms in total. The summed E-state index contributed by atoms with van der Waals surface area (Å²) < 4.78 is 6.17. The van der Waals surface area contributed by atoms with E-state index in [1.807, 2.05) is 6.92 Å². The first-order valence-corrected chi connectivity index (χ1v) is 8.58. The van der Waals surface area contributed by atoms with Gasteiger partial charge in [-0.15, -0.1) is 0 Å². The number of carbonyl (C=O) groups excluding carboxylic acids is 1. The molecular formula is C18H26O3. The number of ether oxygens (including phenoxy) is 1. The van der Waals surface area contributed by atoms with Gasteiger partial charge >= 0.3 is 5.97 Å². The third kappa shape index (κ3) is 1.30. The van der Waals surface area contributed by atoms with Crippen LogP contribution in [0.1, 0.15) is 65.7 Å². The number of carbonyl (C=O) groups is 1. The summed E-state index contributed by atoms with van der Waals surface area (Å²) in [5.41, 5.74) is -0.799. The molecule has 0 radical (unpaired) electrons. The fourth-order valence-corrected chi connectivity index (χ4v) is 6.94. The van der Waals surface area contributed by atoms with Crippen molar-refractivity contribution in [2.45, 2.75) is 76.9 Å². The van der Waals surface area contributed by atoms with Crippen molar-refractivity contribution in [3.8, 4) is 0 Å². The van der Waals surface area contributed by atoms with Crippen LogP contribution in [0.4, 0.5) is 0 Å². The zero-order chi connectivity index (χ0) is 14.9. The summed E-state index contributed by atoms with van der Waals surface area (Å²) in [5.74, 6) is 1.39. The average molecular weight is 290 g/mol. The predicted molar refractivity (Wildman–Crippen MR) is 77.4 cm³/mol. The Morgan fingerprint density at radius 3 is 2.38 bits per heavy atom. The van der Waals surface area contributed by atoms with Gasteiger partial charge in [-0.25, -0.2) is 0 Å². The van der Waals surface area contributed by atoms with Crippen LogP contribution in [0.25, 0.3) is 0 Å². The molecule has 5 fully saturated rings. The Hall–Kier alpha value is -0.570. The highest BCUT2D eigenvalue weighted by atomic mass is 16.6. The van der Waals surface area contributed by atoms with E-state index in [1.165, 1.54) is 6.42 Å². The second-order valence-corrected chi connectivity index (χ2v) is 9.99. The molecule has 5 aliphatic carbocycles. The van der Waals surface area contributed by atoms with Gasteiger partial charge in [0.1, 0.15) is 5.60 Å². The summed E-state index contributed by atoms with van der Waals surface area (Å²) in [4.78, 5) is 12.7. The number of esters is 1. The second kappa shape index (κ2) is 3.06. The van der Waals surface area contributed by atoms with Crippen molar-refractivity contribution in [2.75, 3.05) is 0 Å². The van der Waals surface area contributed by atoms with Gasteiger partial charge in [0.2, 0.25) is 0 Å². The summed E-state index contributed by atoms with van der Waals surface area (Å²) in [7, 11) is 0. The molecule has 6 unspecified atom stereocenters. The molecule has 0 aromatic rings. The van der Waals surface area contributed by atoms with E-state index in [4.69, 9.17) is 4.74 Å². The van der Waals surface area contributed by atoms with Gasteiger partial charge in [-0.1, -0.05) is 13.8 Å². The van der Waals surface area contributed by atoms with Crippen LogP contribution >= 0.6 is 0 Å². The first-order valence-electron chi connectivity index (χ1n) is 8.58. The molecule has 21 heavy (non-hydrogen) atoms. The maximum Gasteiger partial charge on any atom is 0.312 e. The van der Waals surface area contributed by atoms with Crippen LogP contribution in [0.5, 0.6) is 0 Å². The lowest BCUT2D eigenvalue weighted by Crippen LogP contribution is -2.47. The van der Waals surface area contributed by atoms with Gasteiger partial charge in [0.05, 0.1) is 11.0 Å². The van der Waals surface area contributed by atoms with E-state index < -0.39 is 5.60 Å². The van der Waals surface area contributed by atoms with Crippen molar-refractivity contribution in [3.63, 3.8) is 0 Å². The number of rotatable bonds is 2. The Morgan fingerprint density at radius 2 is 1.71 bits per heavy atom. The van der Waals surface area contributed by atoms with Crippen molar-refractivity contribution < 1.29 is 14.6 Å². The molecule has 3 heteroatoms. The maximum atomic E-state index is 12.7. The SMILES string of the molecule is CC1(C)CC1(C)C(=O)OC12CC3CC4CC(O)(C1)CC43C2. The molecule has 0 aromatic carbocycles. The van der Waals surface area contributed by atoms with Gasteiger partial charge in [0.15, 0.2) is 0 Å². The molecule has 5 saturated carbocycles. The highest BCUT2D eigenvalue weighted by molar-refractivity contribution is 5.81. The molecular weight excluding hydrogens is 264 g/mol. The number of hydrogen-bond donors (Lipinski definition) is 1. The largest absolute Gasteiger partial charge is 0.458 e. The van der Waals surface area contributed by atoms with Gasteiger partial charge < -0.3 is 9.84 Å². The molecule has 6 atom stereocenters. The van der Waals surface area contributed by atoms with E-state index >= 15 is 0 Å². The molecule has 5 rings (SSSR count). The smallest absolute Gasteiger partial charge is 0.312 e. The summed E-state index contributed by atoms with van der Waals surface area (Å²) in [5, 5.41) is 10.9. The minimum Gasteiger partial charge on any atom is -0.458 e. The first kappa shape index (κ1) is 12.9. The minimum atomic E-state index is -0.547. The summed E-state index contributed by atoms with van der Waals surface area (Å²) in [6.45, 7) is 6.34. The van der Waals surface area contributed by atoms with Crippen molar-refractivity contribution in [3.05, 3.63) is 0 Å². The summed E-state index contributed by atoms with van der Waals surface area (Å²) in [6, 6.07) is 0. The molecule has 0 aromatic heterocycles. The minimum absolute atomic E-state index is 0.00773. The van der Waals surface area contributed by atoms with Crippen LogP contribution in [-0.2, 0) is 9.53 Å². The fraction of sp³-hybridized carbons (Fsp3) is 0.944. The molecule has 0 amide bonds. The Kier molecular flexibility index (Phi) is 1.88. The Labute approximate surface area is 126 Å². The van der Waals surface area contributed by atoms with Gasteiger partial charge in [0, 0.05) is 6.42 Å². The highest BCUT2D eigenvalue weighted by Crippen LogP contribution is 2.78. The standard InChI is InChI=1S/C18H26O3/c1-14(2)7-15(14,3)13(19)21-17-6-12-4-11-5-16(20,8-17)9-18(11,12)10-17/h11-12,20H,4-10H2,1-3H3. The van der Waals surface area contributed by atoms with Crippen molar-refractivity contribution >= 4 is 5.97 Å². The third-order valence-corrected chi connectivity index (χ3v) is 8.32. The summed E-state index contributed by atoms with van der Waals surface area (Å²) in [6.07, 6.45) is 6.83. The van der Waals surface area contributed by atoms with Gasteiger partial charge in [-0.05, 0) is 68.1 Å². The Bertz CT molecular complexity index is 565. The predicted octanol–water partition coefficient (Wildman–Crippen LogP) is 3.05. The molecule has 3 bridgehead atoms. The molecule has 0 aliphatic heterocycles. The normalized spacial score (nSPS) is 61.3. The Morgan fingerprint density at radius 1 is 1.05 bits per heavy atom. The fourth-order valence-electron chi connectivity index (χ4n) is 6.94. The number of fused-ring (bicyclic) bond motifs is 2. The quantitative estimate of drug-likeness (QED) is 0.795. The number of hydrogen-bond acceptors (Lipinski definition) is 3. The van der Waals surface area contributed by atoms with Crippen molar-refractivity contribution in [1.82, 2.24) is 0 Å². The van der Waals surface area contributed by atoms with Gasteiger partial charge in [-0.3, -0.25) is 4.79 Å². The van der Waals surface area contributed by atoms with E-state index in [1.54, 1.807) is 0 Å². The molecule has 0 heterocycles. The molecule has 1 N–H and O–H groups in total. The average Bonchev–Trinajstić information content (AvgIpc) is 2.72.